The molecule has 2 aliphatic rings. The van der Waals surface area contributed by atoms with E-state index in [1.807, 2.05) is 25.1 Å². The second-order valence-corrected chi connectivity index (χ2v) is 12.1. The molecule has 1 aromatic carbocycles. The molecule has 2 aromatic heterocycles. The number of hydrogen-bond donors (Lipinski definition) is 1. The van der Waals surface area contributed by atoms with Gasteiger partial charge in [0.15, 0.2) is 5.78 Å². The number of nitrogens with one attached hydrogen (secondary N) is 1. The van der Waals surface area contributed by atoms with E-state index in [9.17, 15) is 19.2 Å². The first-order valence-electron chi connectivity index (χ1n) is 14.2. The van der Waals surface area contributed by atoms with Crippen molar-refractivity contribution in [1.29, 1.82) is 0 Å². The molecule has 0 spiro atoms. The fraction of sp³-hybridized carbons (Fsp3) is 0.469. The van der Waals surface area contributed by atoms with Gasteiger partial charge in [0, 0.05) is 17.4 Å². The predicted molar refractivity (Wildman–Crippen MR) is 155 cm³/mol. The minimum atomic E-state index is -1.37. The number of nitrogens with zero attached hydrogens (tertiary/aromatic N) is 2. The highest BCUT2D eigenvalue weighted by Crippen LogP contribution is 2.43. The summed E-state index contributed by atoms with van der Waals surface area (Å²) in [4.78, 5) is 58.1. The fourth-order valence-electron chi connectivity index (χ4n) is 6.06. The molecule has 3 aromatic rings. The number of carbonyl (C=O) groups is 3. The molecule has 5 rings (SSSR count). The number of alkyl carbamates (subject to hydrolysis) is 1. The highest BCUT2D eigenvalue weighted by Gasteiger charge is 2.48. The number of Topliss-reactive ketones (excluding diaryl/α,β-unsaturated/α-hetero) is 1. The van der Waals surface area contributed by atoms with Crippen molar-refractivity contribution in [2.24, 2.45) is 0 Å². The van der Waals surface area contributed by atoms with Crippen LogP contribution < -0.4 is 10.9 Å². The molecule has 1 unspecified atom stereocenters. The summed E-state index contributed by atoms with van der Waals surface area (Å²) in [5.74, 6) is -0.916. The van der Waals surface area contributed by atoms with Crippen LogP contribution in [0.25, 0.3) is 22.3 Å². The Balaban J connectivity index is 1.59. The van der Waals surface area contributed by atoms with E-state index >= 15 is 0 Å². The summed E-state index contributed by atoms with van der Waals surface area (Å²) in [5.41, 5.74) is 4.07. The second kappa shape index (κ2) is 10.1. The van der Waals surface area contributed by atoms with Gasteiger partial charge in [0.2, 0.25) is 0 Å². The van der Waals surface area contributed by atoms with Gasteiger partial charge in [0.25, 0.3) is 5.56 Å². The van der Waals surface area contributed by atoms with Crippen molar-refractivity contribution < 1.29 is 23.9 Å². The van der Waals surface area contributed by atoms with Gasteiger partial charge in [0.1, 0.15) is 17.6 Å². The van der Waals surface area contributed by atoms with Crippen molar-refractivity contribution >= 4 is 28.7 Å². The van der Waals surface area contributed by atoms with Crippen LogP contribution in [0.1, 0.15) is 82.2 Å². The topological polar surface area (TPSA) is 117 Å². The molecule has 41 heavy (non-hydrogen) atoms. The zero-order valence-corrected chi connectivity index (χ0v) is 24.8. The highest BCUT2D eigenvalue weighted by molar-refractivity contribution is 5.96. The summed E-state index contributed by atoms with van der Waals surface area (Å²) in [7, 11) is 0. The molecular weight excluding hydrogens is 522 g/mol. The van der Waals surface area contributed by atoms with Crippen LogP contribution in [0.2, 0.25) is 0 Å². The highest BCUT2D eigenvalue weighted by atomic mass is 16.6. The van der Waals surface area contributed by atoms with Gasteiger partial charge in [-0.15, -0.1) is 0 Å². The first-order valence-corrected chi connectivity index (χ1v) is 14.2. The summed E-state index contributed by atoms with van der Waals surface area (Å²) in [5, 5.41) is 3.65. The Kier molecular flexibility index (Phi) is 7.04. The molecular formula is C32H37N3O6. The van der Waals surface area contributed by atoms with Crippen LogP contribution in [0.15, 0.2) is 29.1 Å². The van der Waals surface area contributed by atoms with Gasteiger partial charge in [0.05, 0.1) is 35.1 Å². The van der Waals surface area contributed by atoms with Crippen molar-refractivity contribution in [2.45, 2.75) is 97.9 Å². The minimum Gasteiger partial charge on any atom is -0.460 e. The normalized spacial score (nSPS) is 18.3. The third kappa shape index (κ3) is 4.81. The maximum Gasteiger partial charge on any atom is 0.408 e. The third-order valence-electron chi connectivity index (χ3n) is 8.22. The lowest BCUT2D eigenvalue weighted by atomic mass is 9.70. The Hall–Kier alpha value is -4.01. The number of cyclic esters (lactones) is 1. The Morgan fingerprint density at radius 3 is 2.56 bits per heavy atom. The monoisotopic (exact) mass is 559 g/mol. The standard InChI is InChI=1S/C32H37N3O6/c1-8-19-20-12-17(3)10-11-24(20)34-27-21(19)15-35-25(27)13-23-22(28(35)37)16-40-29(38)32(23,9-2)14-26(36)18(4)33-30(39)41-31(5,6)7/h10-13,18H,8-9,14-16H2,1-7H3,(H,33,39)/t18?,32-/m0/s1. The lowest BCUT2D eigenvalue weighted by Crippen LogP contribution is -2.49. The molecule has 0 radical (unpaired) electrons. The number of aryl methyl sites for hydroxylation is 2. The number of aromatic nitrogens is 2. The number of benzene rings is 1. The van der Waals surface area contributed by atoms with Crippen LogP contribution in [-0.4, -0.2) is 39.0 Å². The molecule has 2 aliphatic heterocycles. The lowest BCUT2D eigenvalue weighted by molar-refractivity contribution is -0.156. The number of pyridine rings is 2. The molecule has 1 amide bonds. The van der Waals surface area contributed by atoms with E-state index < -0.39 is 29.1 Å². The van der Waals surface area contributed by atoms with Crippen molar-refractivity contribution in [3.8, 4) is 11.4 Å². The fourth-order valence-corrected chi connectivity index (χ4v) is 6.06. The summed E-state index contributed by atoms with van der Waals surface area (Å²) < 4.78 is 12.5. The SMILES string of the molecule is CCc1c2c(nc3ccc(C)cc13)-c1cc3c(c(=O)n1C2)COC(=O)[C@@]3(CC)CC(=O)C(C)NC(=O)OC(C)(C)C. The average Bonchev–Trinajstić information content (AvgIpc) is 3.26. The van der Waals surface area contributed by atoms with Crippen molar-refractivity contribution in [3.05, 3.63) is 62.4 Å². The number of ether oxygens (including phenoxy) is 2. The second-order valence-electron chi connectivity index (χ2n) is 12.1. The molecule has 2 atom stereocenters. The van der Waals surface area contributed by atoms with Crippen LogP contribution in [0.3, 0.4) is 0 Å². The Morgan fingerprint density at radius 1 is 1.17 bits per heavy atom. The van der Waals surface area contributed by atoms with Gasteiger partial charge in [-0.1, -0.05) is 25.5 Å². The van der Waals surface area contributed by atoms with Gasteiger partial charge >= 0.3 is 12.1 Å². The van der Waals surface area contributed by atoms with E-state index in [1.54, 1.807) is 39.2 Å². The summed E-state index contributed by atoms with van der Waals surface area (Å²) in [6, 6.07) is 7.09. The van der Waals surface area contributed by atoms with Crippen LogP contribution in [0.4, 0.5) is 4.79 Å². The zero-order valence-electron chi connectivity index (χ0n) is 24.8. The molecule has 9 nitrogen and oxygen atoms in total. The Morgan fingerprint density at radius 2 is 1.90 bits per heavy atom. The van der Waals surface area contributed by atoms with E-state index in [2.05, 4.69) is 18.3 Å². The van der Waals surface area contributed by atoms with E-state index in [1.165, 1.54) is 0 Å². The predicted octanol–water partition coefficient (Wildman–Crippen LogP) is 4.87. The number of rotatable bonds is 6. The van der Waals surface area contributed by atoms with Crippen LogP contribution in [-0.2, 0) is 44.1 Å². The zero-order chi connectivity index (χ0) is 29.9. The molecule has 216 valence electrons. The number of carbonyl (C=O) groups excluding carboxylic acids is 3. The maximum absolute atomic E-state index is 13.9. The molecule has 1 N–H and O–H groups in total. The molecule has 0 aliphatic carbocycles. The Labute approximate surface area is 239 Å². The molecule has 0 bridgehead atoms. The largest absolute Gasteiger partial charge is 0.460 e. The lowest BCUT2D eigenvalue weighted by Gasteiger charge is -2.36. The average molecular weight is 560 g/mol. The summed E-state index contributed by atoms with van der Waals surface area (Å²) in [6.45, 7) is 12.9. The van der Waals surface area contributed by atoms with E-state index in [0.29, 0.717) is 23.4 Å². The quantitative estimate of drug-likeness (QED) is 0.335. The van der Waals surface area contributed by atoms with E-state index in [-0.39, 0.29) is 30.8 Å². The molecule has 4 heterocycles. The summed E-state index contributed by atoms with van der Waals surface area (Å²) in [6.07, 6.45) is 0.0742. The van der Waals surface area contributed by atoms with Gasteiger partial charge in [-0.3, -0.25) is 14.4 Å². The Bertz CT molecular complexity index is 1660. The van der Waals surface area contributed by atoms with E-state index in [4.69, 9.17) is 14.5 Å². The van der Waals surface area contributed by atoms with Crippen molar-refractivity contribution in [3.63, 3.8) is 0 Å². The number of fused-ring (bicyclic) bond motifs is 5. The number of esters is 1. The third-order valence-corrected chi connectivity index (χ3v) is 8.22. The van der Waals surface area contributed by atoms with Crippen LogP contribution >= 0.6 is 0 Å². The molecule has 0 saturated heterocycles. The van der Waals surface area contributed by atoms with E-state index in [0.717, 1.165) is 39.7 Å². The number of hydrogen-bond acceptors (Lipinski definition) is 7. The van der Waals surface area contributed by atoms with Crippen molar-refractivity contribution in [2.75, 3.05) is 0 Å². The van der Waals surface area contributed by atoms with Gasteiger partial charge in [-0.25, -0.2) is 9.78 Å². The maximum atomic E-state index is 13.9. The summed E-state index contributed by atoms with van der Waals surface area (Å²) >= 11 is 0. The van der Waals surface area contributed by atoms with Crippen LogP contribution in [0, 0.1) is 6.92 Å². The number of amides is 1. The van der Waals surface area contributed by atoms with Gasteiger partial charge in [-0.05, 0) is 76.8 Å². The molecule has 0 fully saturated rings. The molecule has 9 heteroatoms. The smallest absolute Gasteiger partial charge is 0.408 e. The first-order chi connectivity index (χ1) is 19.3. The molecule has 0 saturated carbocycles. The van der Waals surface area contributed by atoms with Crippen LogP contribution in [0.5, 0.6) is 0 Å². The first kappa shape index (κ1) is 28.5. The number of ketones is 1. The van der Waals surface area contributed by atoms with Gasteiger partial charge in [-0.2, -0.15) is 0 Å². The minimum absolute atomic E-state index is 0.152. The van der Waals surface area contributed by atoms with Gasteiger partial charge < -0.3 is 19.4 Å². The van der Waals surface area contributed by atoms with Crippen molar-refractivity contribution in [1.82, 2.24) is 14.9 Å².